The molecule has 0 saturated heterocycles. The number of methoxy groups -OCH3 is 1. The number of carbonyl (C=O) groups is 1. The number of aryl methyl sites for hydroxylation is 1. The van der Waals surface area contributed by atoms with E-state index in [-0.39, 0.29) is 5.78 Å². The van der Waals surface area contributed by atoms with Crippen LogP contribution in [-0.4, -0.2) is 12.9 Å². The monoisotopic (exact) mass is 482 g/mol. The number of hydrogen-bond donors (Lipinski definition) is 0. The maximum atomic E-state index is 12.6. The highest BCUT2D eigenvalue weighted by Gasteiger charge is 2.10. The molecule has 0 saturated carbocycles. The van der Waals surface area contributed by atoms with Crippen LogP contribution in [0.1, 0.15) is 50.1 Å². The summed E-state index contributed by atoms with van der Waals surface area (Å²) in [6.07, 6.45) is 6.40. The Morgan fingerprint density at radius 2 is 1.69 bits per heavy atom. The van der Waals surface area contributed by atoms with Crippen LogP contribution in [0, 0.1) is 0 Å². The van der Waals surface area contributed by atoms with Crippen molar-refractivity contribution in [3.8, 4) is 11.5 Å². The zero-order valence-electron chi connectivity index (χ0n) is 20.2. The number of hydrogen-bond acceptors (Lipinski definition) is 4. The molecule has 0 aliphatic heterocycles. The summed E-state index contributed by atoms with van der Waals surface area (Å²) in [6, 6.07) is 28.3. The predicted octanol–water partition coefficient (Wildman–Crippen LogP) is 7.78. The number of allylic oxidation sites excluding steroid dienone is 1. The molecule has 0 amide bonds. The van der Waals surface area contributed by atoms with E-state index in [9.17, 15) is 4.79 Å². The molecule has 35 heavy (non-hydrogen) atoms. The van der Waals surface area contributed by atoms with Gasteiger partial charge in [-0.05, 0) is 59.5 Å². The first-order valence-corrected chi connectivity index (χ1v) is 12.7. The summed E-state index contributed by atoms with van der Waals surface area (Å²) in [7, 11) is 1.66. The maximum absolute atomic E-state index is 12.6. The molecule has 3 aromatic carbocycles. The minimum Gasteiger partial charge on any atom is -0.496 e. The second-order valence-electron chi connectivity index (χ2n) is 8.34. The van der Waals surface area contributed by atoms with Gasteiger partial charge >= 0.3 is 0 Å². The third kappa shape index (κ3) is 6.71. The van der Waals surface area contributed by atoms with Crippen molar-refractivity contribution < 1.29 is 14.3 Å². The highest BCUT2D eigenvalue weighted by Crippen LogP contribution is 2.26. The molecule has 4 aromatic rings. The molecule has 0 atom stereocenters. The SMILES string of the molecule is CCCc1ccc(C(=O)/C=C/c2ccc(OC)c(COc3ccccc3Cc3ccccc3)c2)s1. The van der Waals surface area contributed by atoms with Gasteiger partial charge in [0.2, 0.25) is 0 Å². The highest BCUT2D eigenvalue weighted by atomic mass is 32.1. The fourth-order valence-corrected chi connectivity index (χ4v) is 4.95. The Labute approximate surface area is 211 Å². The van der Waals surface area contributed by atoms with Crippen molar-refractivity contribution in [3.05, 3.63) is 123 Å². The zero-order chi connectivity index (χ0) is 24.5. The van der Waals surface area contributed by atoms with Gasteiger partial charge < -0.3 is 9.47 Å². The normalized spacial score (nSPS) is 11.0. The Bertz CT molecular complexity index is 1290. The Kier molecular flexibility index (Phi) is 8.53. The smallest absolute Gasteiger partial charge is 0.195 e. The van der Waals surface area contributed by atoms with Crippen LogP contribution in [0.4, 0.5) is 0 Å². The van der Waals surface area contributed by atoms with E-state index in [1.807, 2.05) is 60.7 Å². The molecule has 0 aliphatic carbocycles. The summed E-state index contributed by atoms with van der Waals surface area (Å²) in [6.45, 7) is 2.52. The van der Waals surface area contributed by atoms with Gasteiger partial charge in [0.25, 0.3) is 0 Å². The summed E-state index contributed by atoms with van der Waals surface area (Å²) in [5, 5.41) is 0. The molecule has 0 unspecified atom stereocenters. The van der Waals surface area contributed by atoms with Gasteiger partial charge in [-0.2, -0.15) is 0 Å². The van der Waals surface area contributed by atoms with Crippen molar-refractivity contribution in [3.63, 3.8) is 0 Å². The van der Waals surface area contributed by atoms with Crippen molar-refractivity contribution in [1.29, 1.82) is 0 Å². The molecule has 3 nitrogen and oxygen atoms in total. The van der Waals surface area contributed by atoms with Crippen molar-refractivity contribution >= 4 is 23.2 Å². The van der Waals surface area contributed by atoms with Gasteiger partial charge in [-0.15, -0.1) is 11.3 Å². The molecule has 0 spiro atoms. The van der Waals surface area contributed by atoms with Gasteiger partial charge in [0, 0.05) is 16.9 Å². The Hall–Kier alpha value is -3.63. The fraction of sp³-hybridized carbons (Fsp3) is 0.194. The van der Waals surface area contributed by atoms with Gasteiger partial charge in [-0.1, -0.05) is 74.0 Å². The molecule has 0 fully saturated rings. The predicted molar refractivity (Wildman–Crippen MR) is 145 cm³/mol. The Balaban J connectivity index is 1.47. The van der Waals surface area contributed by atoms with Crippen LogP contribution in [0.5, 0.6) is 11.5 Å². The van der Waals surface area contributed by atoms with Crippen LogP contribution in [0.15, 0.2) is 91.0 Å². The van der Waals surface area contributed by atoms with Gasteiger partial charge in [0.1, 0.15) is 18.1 Å². The van der Waals surface area contributed by atoms with Gasteiger partial charge in [-0.25, -0.2) is 0 Å². The number of ether oxygens (including phenoxy) is 2. The Morgan fingerprint density at radius 1 is 0.886 bits per heavy atom. The topological polar surface area (TPSA) is 35.5 Å². The van der Waals surface area contributed by atoms with E-state index < -0.39 is 0 Å². The fourth-order valence-electron chi connectivity index (χ4n) is 3.92. The third-order valence-electron chi connectivity index (χ3n) is 5.73. The molecule has 0 aliphatic rings. The van der Waals surface area contributed by atoms with Crippen LogP contribution in [0.25, 0.3) is 6.08 Å². The lowest BCUT2D eigenvalue weighted by Gasteiger charge is -2.14. The standard InChI is InChI=1S/C31H30O3S/c1-3-9-27-16-19-31(35-27)28(32)17-14-24-15-18-29(33-2)26(21-24)22-34-30-13-8-7-12-25(30)20-23-10-5-4-6-11-23/h4-8,10-19,21H,3,9,20,22H2,1-2H3/b17-14+. The summed E-state index contributed by atoms with van der Waals surface area (Å²) in [5.41, 5.74) is 4.24. The van der Waals surface area contributed by atoms with E-state index in [2.05, 4.69) is 37.3 Å². The number of carbonyl (C=O) groups excluding carboxylic acids is 1. The van der Waals surface area contributed by atoms with Gasteiger partial charge in [0.15, 0.2) is 5.78 Å². The third-order valence-corrected chi connectivity index (χ3v) is 6.89. The van der Waals surface area contributed by atoms with Crippen LogP contribution >= 0.6 is 11.3 Å². The largest absolute Gasteiger partial charge is 0.496 e. The van der Waals surface area contributed by atoms with Gasteiger partial charge in [0.05, 0.1) is 12.0 Å². The van der Waals surface area contributed by atoms with Crippen molar-refractivity contribution in [1.82, 2.24) is 0 Å². The van der Waals surface area contributed by atoms with Crippen LogP contribution in [0.2, 0.25) is 0 Å². The average Bonchev–Trinajstić information content (AvgIpc) is 3.36. The molecule has 178 valence electrons. The lowest BCUT2D eigenvalue weighted by Crippen LogP contribution is -2.02. The molecule has 1 aromatic heterocycles. The van der Waals surface area contributed by atoms with E-state index in [4.69, 9.17) is 9.47 Å². The maximum Gasteiger partial charge on any atom is 0.195 e. The zero-order valence-corrected chi connectivity index (χ0v) is 21.0. The first kappa shape index (κ1) is 24.5. The first-order chi connectivity index (χ1) is 17.2. The number of benzene rings is 3. The van der Waals surface area contributed by atoms with Crippen LogP contribution in [0.3, 0.4) is 0 Å². The van der Waals surface area contributed by atoms with E-state index in [1.54, 1.807) is 24.5 Å². The molecular weight excluding hydrogens is 452 g/mol. The lowest BCUT2D eigenvalue weighted by atomic mass is 10.0. The summed E-state index contributed by atoms with van der Waals surface area (Å²) in [4.78, 5) is 14.6. The molecule has 0 N–H and O–H groups in total. The Morgan fingerprint density at radius 3 is 2.49 bits per heavy atom. The highest BCUT2D eigenvalue weighted by molar-refractivity contribution is 7.14. The first-order valence-electron chi connectivity index (χ1n) is 11.9. The van der Waals surface area contributed by atoms with Crippen molar-refractivity contribution in [2.24, 2.45) is 0 Å². The van der Waals surface area contributed by atoms with Crippen LogP contribution in [-0.2, 0) is 19.4 Å². The van der Waals surface area contributed by atoms with Gasteiger partial charge in [-0.3, -0.25) is 4.79 Å². The minimum atomic E-state index is 0.0285. The quantitative estimate of drug-likeness (QED) is 0.162. The van der Waals surface area contributed by atoms with E-state index in [1.165, 1.54) is 10.4 Å². The van der Waals surface area contributed by atoms with Crippen LogP contribution < -0.4 is 9.47 Å². The molecule has 4 heteroatoms. The minimum absolute atomic E-state index is 0.0285. The van der Waals surface area contributed by atoms with E-state index >= 15 is 0 Å². The summed E-state index contributed by atoms with van der Waals surface area (Å²) >= 11 is 1.58. The van der Waals surface area contributed by atoms with Crippen molar-refractivity contribution in [2.75, 3.05) is 7.11 Å². The number of ketones is 1. The second kappa shape index (κ2) is 12.2. The molecule has 0 radical (unpaired) electrons. The average molecular weight is 483 g/mol. The second-order valence-corrected chi connectivity index (χ2v) is 9.51. The van der Waals surface area contributed by atoms with E-state index in [0.717, 1.165) is 52.3 Å². The molecular formula is C31H30O3S. The summed E-state index contributed by atoms with van der Waals surface area (Å²) < 4.78 is 11.8. The van der Waals surface area contributed by atoms with E-state index in [0.29, 0.717) is 6.61 Å². The number of rotatable bonds is 11. The number of thiophene rings is 1. The lowest BCUT2D eigenvalue weighted by molar-refractivity contribution is 0.105. The molecule has 4 rings (SSSR count). The van der Waals surface area contributed by atoms with Crippen molar-refractivity contribution in [2.45, 2.75) is 32.8 Å². The molecule has 0 bridgehead atoms. The molecule has 1 heterocycles. The summed E-state index contributed by atoms with van der Waals surface area (Å²) in [5.74, 6) is 1.65. The number of para-hydroxylation sites is 1.